The van der Waals surface area contributed by atoms with Crippen LogP contribution < -0.4 is 10.6 Å². The molecule has 1 aliphatic rings. The molecule has 21 heavy (non-hydrogen) atoms. The molecule has 1 unspecified atom stereocenters. The molecule has 0 spiro atoms. The lowest BCUT2D eigenvalue weighted by Crippen LogP contribution is -2.21. The second-order valence-corrected chi connectivity index (χ2v) is 4.98. The lowest BCUT2D eigenvalue weighted by Gasteiger charge is -2.20. The largest absolute Gasteiger partial charge is 0.366 e. The Morgan fingerprint density at radius 1 is 1.52 bits per heavy atom. The minimum atomic E-state index is -0.469. The van der Waals surface area contributed by atoms with Crippen molar-refractivity contribution >= 4 is 23.0 Å². The molecule has 0 bridgehead atoms. The zero-order chi connectivity index (χ0) is 15.4. The second kappa shape index (κ2) is 6.27. The maximum atomic E-state index is 11.4. The lowest BCUT2D eigenvalue weighted by molar-refractivity contribution is -0.383. The van der Waals surface area contributed by atoms with Gasteiger partial charge in [-0.25, -0.2) is 0 Å². The maximum Gasteiger partial charge on any atom is 0.294 e. The Labute approximate surface area is 123 Å². The average molecular weight is 287 g/mol. The van der Waals surface area contributed by atoms with E-state index in [4.69, 9.17) is 6.42 Å². The summed E-state index contributed by atoms with van der Waals surface area (Å²) in [6.45, 7) is 2.00. The second-order valence-electron chi connectivity index (χ2n) is 4.98. The van der Waals surface area contributed by atoms with Crippen LogP contribution in [0.25, 0.3) is 0 Å². The van der Waals surface area contributed by atoms with Gasteiger partial charge >= 0.3 is 0 Å². The highest BCUT2D eigenvalue weighted by Crippen LogP contribution is 2.34. The van der Waals surface area contributed by atoms with Gasteiger partial charge in [-0.15, -0.1) is 6.42 Å². The molecule has 110 valence electrons. The normalized spacial score (nSPS) is 14.6. The van der Waals surface area contributed by atoms with E-state index in [0.29, 0.717) is 24.2 Å². The van der Waals surface area contributed by atoms with Gasteiger partial charge in [-0.1, -0.05) is 19.3 Å². The predicted octanol–water partition coefficient (Wildman–Crippen LogP) is 2.69. The van der Waals surface area contributed by atoms with Crippen LogP contribution in [0, 0.1) is 22.5 Å². The molecule has 1 aromatic rings. The van der Waals surface area contributed by atoms with Crippen LogP contribution in [0.15, 0.2) is 12.1 Å². The van der Waals surface area contributed by atoms with Crippen LogP contribution in [-0.4, -0.2) is 16.9 Å². The number of carbonyl (C=O) groups excluding carboxylic acids is 1. The van der Waals surface area contributed by atoms with E-state index in [0.717, 1.165) is 18.4 Å². The molecule has 1 aliphatic heterocycles. The lowest BCUT2D eigenvalue weighted by atomic mass is 10.0. The molecule has 2 rings (SSSR count). The molecule has 1 amide bonds. The van der Waals surface area contributed by atoms with E-state index in [-0.39, 0.29) is 17.6 Å². The Morgan fingerprint density at radius 3 is 2.90 bits per heavy atom. The Hall–Kier alpha value is -2.55. The van der Waals surface area contributed by atoms with Gasteiger partial charge in [-0.05, 0) is 24.5 Å². The summed E-state index contributed by atoms with van der Waals surface area (Å²) in [6, 6.07) is 2.87. The Bertz CT molecular complexity index is 619. The molecule has 0 fully saturated rings. The molecule has 0 saturated heterocycles. The summed E-state index contributed by atoms with van der Waals surface area (Å²) in [5, 5.41) is 16.9. The fraction of sp³-hybridized carbons (Fsp3) is 0.400. The number of anilines is 2. The third-order valence-corrected chi connectivity index (χ3v) is 3.42. The monoisotopic (exact) mass is 287 g/mol. The minimum Gasteiger partial charge on any atom is -0.366 e. The summed E-state index contributed by atoms with van der Waals surface area (Å²) in [4.78, 5) is 22.1. The first-order chi connectivity index (χ1) is 10.0. The summed E-state index contributed by atoms with van der Waals surface area (Å²) in [5.74, 6) is 2.48. The van der Waals surface area contributed by atoms with E-state index in [2.05, 4.69) is 16.6 Å². The third kappa shape index (κ3) is 3.31. The number of benzene rings is 1. The van der Waals surface area contributed by atoms with Gasteiger partial charge in [0.15, 0.2) is 0 Å². The fourth-order valence-corrected chi connectivity index (χ4v) is 2.36. The minimum absolute atomic E-state index is 0.0766. The Balaban J connectivity index is 2.38. The molecular formula is C15H17N3O3. The van der Waals surface area contributed by atoms with Crippen molar-refractivity contribution in [1.29, 1.82) is 0 Å². The number of nitrogens with zero attached hydrogens (tertiary/aromatic N) is 1. The van der Waals surface area contributed by atoms with E-state index < -0.39 is 4.92 Å². The van der Waals surface area contributed by atoms with E-state index in [1.807, 2.05) is 6.92 Å². The Kier molecular flexibility index (Phi) is 4.43. The summed E-state index contributed by atoms with van der Waals surface area (Å²) in [7, 11) is 0. The van der Waals surface area contributed by atoms with Crippen molar-refractivity contribution in [1.82, 2.24) is 0 Å². The van der Waals surface area contributed by atoms with Crippen LogP contribution >= 0.6 is 0 Å². The molecule has 2 N–H and O–H groups in total. The number of terminal acetylenes is 1. The molecule has 0 radical (unpaired) electrons. The van der Waals surface area contributed by atoms with Gasteiger partial charge in [-0.2, -0.15) is 0 Å². The van der Waals surface area contributed by atoms with E-state index in [1.165, 1.54) is 6.07 Å². The number of hydrogen-bond donors (Lipinski definition) is 2. The highest BCUT2D eigenvalue weighted by molar-refractivity contribution is 5.95. The molecule has 1 heterocycles. The third-order valence-electron chi connectivity index (χ3n) is 3.42. The number of rotatable bonds is 5. The summed E-state index contributed by atoms with van der Waals surface area (Å²) in [5.41, 5.74) is 1.73. The van der Waals surface area contributed by atoms with Crippen molar-refractivity contribution < 1.29 is 9.72 Å². The number of aryl methyl sites for hydroxylation is 1. The summed E-state index contributed by atoms with van der Waals surface area (Å²) in [6.07, 6.45) is 8.03. The van der Waals surface area contributed by atoms with Gasteiger partial charge in [0.25, 0.3) is 5.69 Å². The molecule has 0 saturated carbocycles. The van der Waals surface area contributed by atoms with Crippen molar-refractivity contribution in [3.8, 4) is 12.3 Å². The molecular weight excluding hydrogens is 270 g/mol. The fourth-order valence-electron chi connectivity index (χ4n) is 2.36. The standard InChI is InChI=1S/C15H17N3O3/c1-3-5-11(4-2)16-13-8-10-6-7-15(19)17-12(10)9-14(13)18(20)21/h2,8-9,11,16H,3,5-7H2,1H3,(H,17,19). The van der Waals surface area contributed by atoms with Crippen molar-refractivity contribution in [3.05, 3.63) is 27.8 Å². The first-order valence-corrected chi connectivity index (χ1v) is 6.89. The molecule has 6 nitrogen and oxygen atoms in total. The van der Waals surface area contributed by atoms with E-state index in [9.17, 15) is 14.9 Å². The topological polar surface area (TPSA) is 84.3 Å². The van der Waals surface area contributed by atoms with Crippen LogP contribution in [0.1, 0.15) is 31.7 Å². The SMILES string of the molecule is C#CC(CCC)Nc1cc2c(cc1[N+](=O)[O-])NC(=O)CC2. The summed E-state index contributed by atoms with van der Waals surface area (Å²) < 4.78 is 0. The molecule has 0 aliphatic carbocycles. The van der Waals surface area contributed by atoms with Gasteiger partial charge in [0.2, 0.25) is 5.91 Å². The van der Waals surface area contributed by atoms with Crippen LogP contribution in [0.2, 0.25) is 0 Å². The number of hydrogen-bond acceptors (Lipinski definition) is 4. The van der Waals surface area contributed by atoms with E-state index in [1.54, 1.807) is 6.07 Å². The highest BCUT2D eigenvalue weighted by Gasteiger charge is 2.23. The number of amides is 1. The van der Waals surface area contributed by atoms with Crippen LogP contribution in [0.5, 0.6) is 0 Å². The molecule has 1 atom stereocenters. The number of carbonyl (C=O) groups is 1. The predicted molar refractivity (Wildman–Crippen MR) is 81.2 cm³/mol. The first kappa shape index (κ1) is 14.9. The van der Waals surface area contributed by atoms with Gasteiger partial charge in [-0.3, -0.25) is 14.9 Å². The van der Waals surface area contributed by atoms with Crippen LogP contribution in [0.3, 0.4) is 0 Å². The summed E-state index contributed by atoms with van der Waals surface area (Å²) >= 11 is 0. The maximum absolute atomic E-state index is 11.4. The number of nitrogens with one attached hydrogen (secondary N) is 2. The van der Waals surface area contributed by atoms with Gasteiger partial charge < -0.3 is 10.6 Å². The number of nitro benzene ring substituents is 1. The van der Waals surface area contributed by atoms with Gasteiger partial charge in [0.05, 0.1) is 16.7 Å². The van der Waals surface area contributed by atoms with Crippen molar-refractivity contribution in [2.45, 2.75) is 38.6 Å². The highest BCUT2D eigenvalue weighted by atomic mass is 16.6. The van der Waals surface area contributed by atoms with Crippen molar-refractivity contribution in [2.24, 2.45) is 0 Å². The van der Waals surface area contributed by atoms with Crippen LogP contribution in [-0.2, 0) is 11.2 Å². The van der Waals surface area contributed by atoms with Crippen molar-refractivity contribution in [3.63, 3.8) is 0 Å². The first-order valence-electron chi connectivity index (χ1n) is 6.89. The molecule has 1 aromatic carbocycles. The average Bonchev–Trinajstić information content (AvgIpc) is 2.46. The smallest absolute Gasteiger partial charge is 0.294 e. The van der Waals surface area contributed by atoms with E-state index >= 15 is 0 Å². The molecule has 0 aromatic heterocycles. The van der Waals surface area contributed by atoms with Gasteiger partial charge in [0.1, 0.15) is 5.69 Å². The zero-order valence-corrected chi connectivity index (χ0v) is 11.8. The zero-order valence-electron chi connectivity index (χ0n) is 11.8. The molecule has 6 heteroatoms. The number of nitro groups is 1. The number of fused-ring (bicyclic) bond motifs is 1. The van der Waals surface area contributed by atoms with Crippen molar-refractivity contribution in [2.75, 3.05) is 10.6 Å². The quantitative estimate of drug-likeness (QED) is 0.495. The van der Waals surface area contributed by atoms with Gasteiger partial charge in [0, 0.05) is 12.5 Å². The van der Waals surface area contributed by atoms with Crippen LogP contribution in [0.4, 0.5) is 17.1 Å². The Morgan fingerprint density at radius 2 is 2.29 bits per heavy atom.